The molecule has 0 unspecified atom stereocenters. The summed E-state index contributed by atoms with van der Waals surface area (Å²) in [6.07, 6.45) is 0.378. The van der Waals surface area contributed by atoms with Crippen molar-refractivity contribution in [2.24, 2.45) is 0 Å². The summed E-state index contributed by atoms with van der Waals surface area (Å²) >= 11 is 5.97. The molecule has 3 aliphatic rings. The zero-order valence-electron chi connectivity index (χ0n) is 19.1. The van der Waals surface area contributed by atoms with E-state index in [0.717, 1.165) is 62.5 Å². The molecular formula is C24H31ClF3N5O. The Morgan fingerprint density at radius 2 is 1.68 bits per heavy atom. The third kappa shape index (κ3) is 6.60. The Balaban J connectivity index is 1.13. The van der Waals surface area contributed by atoms with Gasteiger partial charge in [-0.3, -0.25) is 9.69 Å². The van der Waals surface area contributed by atoms with Crippen LogP contribution in [-0.2, 0) is 4.79 Å². The van der Waals surface area contributed by atoms with Gasteiger partial charge < -0.3 is 20.4 Å². The van der Waals surface area contributed by atoms with E-state index in [1.807, 2.05) is 29.2 Å². The van der Waals surface area contributed by atoms with Crippen molar-refractivity contribution in [3.8, 4) is 0 Å². The topological polar surface area (TPSA) is 50.9 Å². The van der Waals surface area contributed by atoms with Crippen LogP contribution in [0, 0.1) is 0 Å². The molecule has 10 heteroatoms. The summed E-state index contributed by atoms with van der Waals surface area (Å²) in [7, 11) is 0. The summed E-state index contributed by atoms with van der Waals surface area (Å²) < 4.78 is 38.3. The Hall–Kier alpha value is -2.39. The largest absolute Gasteiger partial charge is 0.414 e. The molecule has 6 nitrogen and oxygen atoms in total. The van der Waals surface area contributed by atoms with Crippen molar-refractivity contribution in [1.82, 2.24) is 20.4 Å². The van der Waals surface area contributed by atoms with E-state index in [1.165, 1.54) is 11.8 Å². The lowest BCUT2D eigenvalue weighted by Crippen LogP contribution is -2.49. The van der Waals surface area contributed by atoms with Crippen LogP contribution in [-0.4, -0.2) is 80.3 Å². The Morgan fingerprint density at radius 1 is 1.00 bits per heavy atom. The summed E-state index contributed by atoms with van der Waals surface area (Å²) in [5.74, 6) is 0.779. The molecule has 1 amide bonds. The molecule has 0 radical (unpaired) electrons. The number of dihydropyridines is 1. The number of rotatable bonds is 6. The first-order valence-corrected chi connectivity index (χ1v) is 12.1. The van der Waals surface area contributed by atoms with E-state index < -0.39 is 11.7 Å². The minimum Gasteiger partial charge on any atom is -0.369 e. The second-order valence-corrected chi connectivity index (χ2v) is 9.42. The lowest BCUT2D eigenvalue weighted by Gasteiger charge is -2.37. The molecule has 1 aromatic carbocycles. The smallest absolute Gasteiger partial charge is 0.369 e. The number of hydrogen-bond acceptors (Lipinski definition) is 5. The van der Waals surface area contributed by atoms with Crippen LogP contribution < -0.4 is 15.5 Å². The molecule has 3 aliphatic heterocycles. The number of carbonyl (C=O) groups excluding carboxylic acids is 1. The number of nitrogens with zero attached hydrogens (tertiary/aromatic N) is 3. The fraction of sp³-hybridized carbons (Fsp3) is 0.542. The normalized spacial score (nSPS) is 20.5. The highest BCUT2D eigenvalue weighted by molar-refractivity contribution is 6.30. The molecule has 1 aromatic rings. The summed E-state index contributed by atoms with van der Waals surface area (Å²) in [4.78, 5) is 19.2. The van der Waals surface area contributed by atoms with Gasteiger partial charge in [-0.2, -0.15) is 13.2 Å². The third-order valence-electron chi connectivity index (χ3n) is 6.69. The van der Waals surface area contributed by atoms with Crippen molar-refractivity contribution >= 4 is 23.2 Å². The molecule has 0 saturated carbocycles. The summed E-state index contributed by atoms with van der Waals surface area (Å²) in [6.45, 7) is 5.61. The first-order valence-electron chi connectivity index (χ1n) is 11.8. The number of benzene rings is 1. The SMILES string of the molecule is O=C(CCN1CCN(c2ccc(Cl)cc2)CC1)NC1CCN(C2=CC=C(C(F)(F)F)CN2)CC1. The van der Waals surface area contributed by atoms with E-state index in [1.54, 1.807) is 0 Å². The lowest BCUT2D eigenvalue weighted by molar-refractivity contribution is -0.122. The number of likely N-dealkylation sites (tertiary alicyclic amines) is 1. The van der Waals surface area contributed by atoms with Crippen molar-refractivity contribution in [2.45, 2.75) is 31.5 Å². The zero-order valence-corrected chi connectivity index (χ0v) is 19.8. The minimum atomic E-state index is -4.30. The van der Waals surface area contributed by atoms with Crippen LogP contribution in [0.4, 0.5) is 18.9 Å². The number of halogens is 4. The lowest BCUT2D eigenvalue weighted by atomic mass is 10.0. The molecule has 0 aromatic heterocycles. The van der Waals surface area contributed by atoms with Crippen LogP contribution in [0.2, 0.25) is 5.02 Å². The number of piperidine rings is 1. The van der Waals surface area contributed by atoms with Gasteiger partial charge in [-0.25, -0.2) is 0 Å². The van der Waals surface area contributed by atoms with Crippen LogP contribution in [0.1, 0.15) is 19.3 Å². The number of carbonyl (C=O) groups is 1. The maximum Gasteiger partial charge on any atom is 0.414 e. The minimum absolute atomic E-state index is 0.0614. The predicted molar refractivity (Wildman–Crippen MR) is 128 cm³/mol. The molecule has 3 heterocycles. The first kappa shape index (κ1) is 24.7. The molecule has 34 heavy (non-hydrogen) atoms. The van der Waals surface area contributed by atoms with Crippen molar-refractivity contribution in [3.63, 3.8) is 0 Å². The Bertz CT molecular complexity index is 902. The highest BCUT2D eigenvalue weighted by Crippen LogP contribution is 2.27. The number of allylic oxidation sites excluding steroid dienone is 2. The molecule has 0 aliphatic carbocycles. The number of alkyl halides is 3. The Labute approximate surface area is 203 Å². The van der Waals surface area contributed by atoms with Gasteiger partial charge in [0, 0.05) is 75.5 Å². The fourth-order valence-corrected chi connectivity index (χ4v) is 4.73. The van der Waals surface area contributed by atoms with Crippen LogP contribution in [0.15, 0.2) is 47.8 Å². The highest BCUT2D eigenvalue weighted by Gasteiger charge is 2.34. The van der Waals surface area contributed by atoms with E-state index in [2.05, 4.69) is 20.4 Å². The molecule has 0 bridgehead atoms. The van der Waals surface area contributed by atoms with E-state index >= 15 is 0 Å². The van der Waals surface area contributed by atoms with E-state index in [0.29, 0.717) is 19.5 Å². The van der Waals surface area contributed by atoms with Gasteiger partial charge >= 0.3 is 6.18 Å². The molecule has 186 valence electrons. The van der Waals surface area contributed by atoms with Crippen LogP contribution >= 0.6 is 11.6 Å². The second kappa shape index (κ2) is 10.9. The Kier molecular flexibility index (Phi) is 7.93. The van der Waals surface area contributed by atoms with Crippen LogP contribution in [0.5, 0.6) is 0 Å². The summed E-state index contributed by atoms with van der Waals surface area (Å²) in [6, 6.07) is 7.99. The molecular weight excluding hydrogens is 467 g/mol. The Morgan fingerprint density at radius 3 is 2.26 bits per heavy atom. The van der Waals surface area contributed by atoms with E-state index in [9.17, 15) is 18.0 Å². The van der Waals surface area contributed by atoms with Crippen molar-refractivity contribution < 1.29 is 18.0 Å². The van der Waals surface area contributed by atoms with Gasteiger partial charge in [0.05, 0.1) is 5.57 Å². The van der Waals surface area contributed by atoms with Crippen molar-refractivity contribution in [1.29, 1.82) is 0 Å². The number of hydrogen-bond donors (Lipinski definition) is 2. The quantitative estimate of drug-likeness (QED) is 0.631. The van der Waals surface area contributed by atoms with Crippen LogP contribution in [0.3, 0.4) is 0 Å². The van der Waals surface area contributed by atoms with Gasteiger partial charge in [0.15, 0.2) is 0 Å². The van der Waals surface area contributed by atoms with Gasteiger partial charge in [-0.1, -0.05) is 11.6 Å². The van der Waals surface area contributed by atoms with E-state index in [4.69, 9.17) is 11.6 Å². The summed E-state index contributed by atoms with van der Waals surface area (Å²) in [5, 5.41) is 6.74. The first-order chi connectivity index (χ1) is 16.3. The number of piperazine rings is 1. The molecule has 4 rings (SSSR count). The highest BCUT2D eigenvalue weighted by atomic mass is 35.5. The molecule has 2 saturated heterocycles. The van der Waals surface area contributed by atoms with Crippen LogP contribution in [0.25, 0.3) is 0 Å². The number of amides is 1. The van der Waals surface area contributed by atoms with Gasteiger partial charge in [-0.05, 0) is 49.3 Å². The maximum absolute atomic E-state index is 12.8. The van der Waals surface area contributed by atoms with Crippen molar-refractivity contribution in [3.05, 3.63) is 52.8 Å². The molecule has 2 N–H and O–H groups in total. The number of nitrogens with one attached hydrogen (secondary N) is 2. The maximum atomic E-state index is 12.8. The summed E-state index contributed by atoms with van der Waals surface area (Å²) in [5.41, 5.74) is 0.605. The average molecular weight is 498 g/mol. The van der Waals surface area contributed by atoms with Gasteiger partial charge in [0.1, 0.15) is 5.82 Å². The van der Waals surface area contributed by atoms with E-state index in [-0.39, 0.29) is 18.5 Å². The predicted octanol–water partition coefficient (Wildman–Crippen LogP) is 3.37. The average Bonchev–Trinajstić information content (AvgIpc) is 2.84. The van der Waals surface area contributed by atoms with Gasteiger partial charge in [-0.15, -0.1) is 0 Å². The molecule has 0 spiro atoms. The second-order valence-electron chi connectivity index (χ2n) is 8.98. The molecule has 0 atom stereocenters. The van der Waals surface area contributed by atoms with Gasteiger partial charge in [0.2, 0.25) is 5.91 Å². The van der Waals surface area contributed by atoms with Crippen molar-refractivity contribution in [2.75, 3.05) is 57.3 Å². The standard InChI is InChI=1S/C24H31ClF3N5O/c25-19-2-4-21(5-3-19)32-15-13-31(14-16-32)10-9-23(34)30-20-7-11-33(12-8-20)22-6-1-18(17-29-22)24(26,27)28/h1-6,20,29H,7-17H2,(H,30,34). The number of anilines is 1. The molecule has 2 fully saturated rings. The monoisotopic (exact) mass is 497 g/mol. The zero-order chi connectivity index (χ0) is 24.1. The third-order valence-corrected chi connectivity index (χ3v) is 6.94. The fourth-order valence-electron chi connectivity index (χ4n) is 4.60. The van der Waals surface area contributed by atoms with Gasteiger partial charge in [0.25, 0.3) is 0 Å².